The first kappa shape index (κ1) is 22.3. The van der Waals surface area contributed by atoms with Gasteiger partial charge >= 0.3 is 0 Å². The molecule has 0 radical (unpaired) electrons. The summed E-state index contributed by atoms with van der Waals surface area (Å²) in [5.74, 6) is 1.95. The lowest BCUT2D eigenvalue weighted by atomic mass is 10.1. The summed E-state index contributed by atoms with van der Waals surface area (Å²) in [6, 6.07) is 16.1. The molecule has 3 rings (SSSR count). The first-order valence-corrected chi connectivity index (χ1v) is 9.92. The molecule has 1 N–H and O–H groups in total. The van der Waals surface area contributed by atoms with Gasteiger partial charge in [0, 0.05) is 23.3 Å². The number of hydrogen-bond acceptors (Lipinski definition) is 5. The Morgan fingerprint density at radius 3 is 2.26 bits per heavy atom. The molecule has 0 bridgehead atoms. The van der Waals surface area contributed by atoms with E-state index >= 15 is 0 Å². The van der Waals surface area contributed by atoms with E-state index in [1.54, 1.807) is 37.4 Å². The average Bonchev–Trinajstić information content (AvgIpc) is 2.79. The van der Waals surface area contributed by atoms with Crippen LogP contribution in [0.2, 0.25) is 5.02 Å². The minimum Gasteiger partial charge on any atom is -0.496 e. The fourth-order valence-electron chi connectivity index (χ4n) is 3.06. The number of rotatable bonds is 8. The van der Waals surface area contributed by atoms with Gasteiger partial charge in [0.05, 0.1) is 32.0 Å². The van der Waals surface area contributed by atoms with Crippen molar-refractivity contribution >= 4 is 23.2 Å². The zero-order valence-electron chi connectivity index (χ0n) is 17.8. The Hall–Kier alpha value is -3.38. The van der Waals surface area contributed by atoms with Crippen LogP contribution in [-0.2, 0) is 6.61 Å². The zero-order valence-corrected chi connectivity index (χ0v) is 18.6. The second-order valence-electron chi connectivity index (χ2n) is 6.72. The van der Waals surface area contributed by atoms with Gasteiger partial charge in [-0.25, -0.2) is 0 Å². The fraction of sp³-hybridized carbons (Fsp3) is 0.208. The van der Waals surface area contributed by atoms with Gasteiger partial charge in [-0.1, -0.05) is 29.8 Å². The predicted molar refractivity (Wildman–Crippen MR) is 121 cm³/mol. The van der Waals surface area contributed by atoms with Crippen LogP contribution in [0.15, 0.2) is 54.6 Å². The zero-order chi connectivity index (χ0) is 22.4. The third-order valence-electron chi connectivity index (χ3n) is 4.74. The number of ether oxygens (including phenoxy) is 4. The molecule has 0 saturated heterocycles. The van der Waals surface area contributed by atoms with Crippen LogP contribution in [-0.4, -0.2) is 27.2 Å². The lowest BCUT2D eigenvalue weighted by Gasteiger charge is -2.15. The van der Waals surface area contributed by atoms with Crippen LogP contribution < -0.4 is 24.3 Å². The Morgan fingerprint density at radius 2 is 1.58 bits per heavy atom. The molecule has 0 spiro atoms. The highest BCUT2D eigenvalue weighted by Crippen LogP contribution is 2.36. The molecule has 0 aromatic heterocycles. The normalized spacial score (nSPS) is 10.4. The van der Waals surface area contributed by atoms with Gasteiger partial charge in [-0.15, -0.1) is 0 Å². The number of anilines is 1. The number of benzene rings is 3. The summed E-state index contributed by atoms with van der Waals surface area (Å²) in [6.07, 6.45) is 0. The van der Waals surface area contributed by atoms with E-state index in [0.717, 1.165) is 16.9 Å². The van der Waals surface area contributed by atoms with Gasteiger partial charge in [-0.2, -0.15) is 0 Å². The average molecular weight is 442 g/mol. The molecule has 31 heavy (non-hydrogen) atoms. The number of amides is 1. The van der Waals surface area contributed by atoms with E-state index in [4.69, 9.17) is 30.5 Å². The van der Waals surface area contributed by atoms with Crippen molar-refractivity contribution in [3.8, 4) is 23.0 Å². The number of carbonyl (C=O) groups excluding carboxylic acids is 1. The molecule has 0 aliphatic rings. The number of nitrogens with one attached hydrogen (secondary N) is 1. The van der Waals surface area contributed by atoms with Gasteiger partial charge in [0.2, 0.25) is 0 Å². The lowest BCUT2D eigenvalue weighted by molar-refractivity contribution is 0.102. The molecular weight excluding hydrogens is 418 g/mol. The van der Waals surface area contributed by atoms with Crippen molar-refractivity contribution in [3.05, 3.63) is 76.3 Å². The Labute approximate surface area is 186 Å². The topological polar surface area (TPSA) is 66.0 Å². The SMILES string of the molecule is COc1cc(NC(=O)c2ccc(OC)c(COc3ccccc3C)c2)c(OC)cc1Cl. The van der Waals surface area contributed by atoms with Crippen molar-refractivity contribution in [1.29, 1.82) is 0 Å². The highest BCUT2D eigenvalue weighted by molar-refractivity contribution is 6.32. The molecular formula is C24H24ClNO5. The maximum atomic E-state index is 12.9. The molecule has 162 valence electrons. The van der Waals surface area contributed by atoms with Crippen LogP contribution >= 0.6 is 11.6 Å². The van der Waals surface area contributed by atoms with Crippen LogP contribution in [0.4, 0.5) is 5.69 Å². The maximum Gasteiger partial charge on any atom is 0.255 e. The van der Waals surface area contributed by atoms with Crippen molar-refractivity contribution in [1.82, 2.24) is 0 Å². The minimum absolute atomic E-state index is 0.257. The van der Waals surface area contributed by atoms with Gasteiger partial charge in [-0.3, -0.25) is 4.79 Å². The van der Waals surface area contributed by atoms with Gasteiger partial charge < -0.3 is 24.3 Å². The molecule has 7 heteroatoms. The van der Waals surface area contributed by atoms with Crippen LogP contribution in [0.25, 0.3) is 0 Å². The molecule has 0 atom stereocenters. The minimum atomic E-state index is -0.317. The molecule has 0 fully saturated rings. The largest absolute Gasteiger partial charge is 0.496 e. The number of halogens is 1. The van der Waals surface area contributed by atoms with Crippen molar-refractivity contribution in [3.63, 3.8) is 0 Å². The van der Waals surface area contributed by atoms with E-state index in [2.05, 4.69) is 5.32 Å². The quantitative estimate of drug-likeness (QED) is 0.499. The fourth-order valence-corrected chi connectivity index (χ4v) is 3.29. The second-order valence-corrected chi connectivity index (χ2v) is 7.13. The van der Waals surface area contributed by atoms with Crippen molar-refractivity contribution in [2.24, 2.45) is 0 Å². The highest BCUT2D eigenvalue weighted by Gasteiger charge is 2.16. The van der Waals surface area contributed by atoms with Crippen LogP contribution in [0.1, 0.15) is 21.5 Å². The van der Waals surface area contributed by atoms with E-state index in [1.165, 1.54) is 14.2 Å². The number of aryl methyl sites for hydroxylation is 1. The van der Waals surface area contributed by atoms with Crippen molar-refractivity contribution in [2.45, 2.75) is 13.5 Å². The summed E-state index contributed by atoms with van der Waals surface area (Å²) in [6.45, 7) is 2.23. The maximum absolute atomic E-state index is 12.9. The number of methoxy groups -OCH3 is 3. The number of carbonyl (C=O) groups is 1. The molecule has 0 heterocycles. The van der Waals surface area contributed by atoms with Gasteiger partial charge in [0.1, 0.15) is 29.6 Å². The lowest BCUT2D eigenvalue weighted by Crippen LogP contribution is -2.14. The van der Waals surface area contributed by atoms with E-state index in [-0.39, 0.29) is 12.5 Å². The summed E-state index contributed by atoms with van der Waals surface area (Å²) in [5, 5.41) is 3.23. The van der Waals surface area contributed by atoms with E-state index < -0.39 is 0 Å². The highest BCUT2D eigenvalue weighted by atomic mass is 35.5. The third-order valence-corrected chi connectivity index (χ3v) is 5.04. The summed E-state index contributed by atoms with van der Waals surface area (Å²) < 4.78 is 21.9. The molecule has 0 unspecified atom stereocenters. The standard InChI is InChI=1S/C24H24ClNO5/c1-15-7-5-6-8-20(15)31-14-17-11-16(9-10-21(17)28-2)24(27)26-19-13-22(29-3)18(25)12-23(19)30-4/h5-13H,14H2,1-4H3,(H,26,27). The van der Waals surface area contributed by atoms with Crippen LogP contribution in [0, 0.1) is 6.92 Å². The monoisotopic (exact) mass is 441 g/mol. The van der Waals surface area contributed by atoms with Gasteiger partial charge in [0.25, 0.3) is 5.91 Å². The molecule has 0 aliphatic heterocycles. The molecule has 0 aliphatic carbocycles. The molecule has 0 saturated carbocycles. The summed E-state index contributed by atoms with van der Waals surface area (Å²) in [4.78, 5) is 12.9. The number of hydrogen-bond donors (Lipinski definition) is 1. The van der Waals surface area contributed by atoms with Crippen LogP contribution in [0.3, 0.4) is 0 Å². The number of para-hydroxylation sites is 1. The Balaban J connectivity index is 1.84. The van der Waals surface area contributed by atoms with Crippen molar-refractivity contribution in [2.75, 3.05) is 26.6 Å². The summed E-state index contributed by atoms with van der Waals surface area (Å²) in [7, 11) is 4.59. The van der Waals surface area contributed by atoms with Gasteiger partial charge in [0.15, 0.2) is 0 Å². The Kier molecular flexibility index (Phi) is 7.26. The molecule has 3 aromatic carbocycles. The first-order chi connectivity index (χ1) is 15.0. The van der Waals surface area contributed by atoms with Gasteiger partial charge in [-0.05, 0) is 36.8 Å². The van der Waals surface area contributed by atoms with Crippen LogP contribution in [0.5, 0.6) is 23.0 Å². The summed E-state index contributed by atoms with van der Waals surface area (Å²) in [5.41, 5.74) is 2.67. The smallest absolute Gasteiger partial charge is 0.255 e. The Bertz CT molecular complexity index is 1080. The predicted octanol–water partition coefficient (Wildman–Crippen LogP) is 5.51. The van der Waals surface area contributed by atoms with E-state index in [9.17, 15) is 4.79 Å². The summed E-state index contributed by atoms with van der Waals surface area (Å²) >= 11 is 6.14. The first-order valence-electron chi connectivity index (χ1n) is 9.55. The Morgan fingerprint density at radius 1 is 0.871 bits per heavy atom. The molecule has 1 amide bonds. The third kappa shape index (κ3) is 5.22. The molecule has 6 nitrogen and oxygen atoms in total. The van der Waals surface area contributed by atoms with Crippen molar-refractivity contribution < 1.29 is 23.7 Å². The van der Waals surface area contributed by atoms with E-state index in [0.29, 0.717) is 33.5 Å². The molecule has 3 aromatic rings. The van der Waals surface area contributed by atoms with E-state index in [1.807, 2.05) is 31.2 Å². The second kappa shape index (κ2) is 10.1.